The average molecular weight is 224 g/mol. The number of hydrogen-bond acceptors (Lipinski definition) is 3. The molecule has 1 N–H and O–H groups in total. The second-order valence-corrected chi connectivity index (χ2v) is 3.69. The van der Waals surface area contributed by atoms with Gasteiger partial charge in [0.05, 0.1) is 7.11 Å². The van der Waals surface area contributed by atoms with Crippen molar-refractivity contribution in [3.05, 3.63) is 29.3 Å². The Balaban J connectivity index is 2.93. The fourth-order valence-electron chi connectivity index (χ4n) is 1.21. The van der Waals surface area contributed by atoms with Crippen molar-refractivity contribution in [2.75, 3.05) is 7.11 Å². The van der Waals surface area contributed by atoms with Gasteiger partial charge in [-0.05, 0) is 30.2 Å². The summed E-state index contributed by atoms with van der Waals surface area (Å²) in [6.07, 6.45) is 0.272. The van der Waals surface area contributed by atoms with Crippen LogP contribution >= 0.6 is 12.2 Å². The number of carboxylic acids is 1. The third kappa shape index (κ3) is 3.02. The van der Waals surface area contributed by atoms with E-state index in [1.54, 1.807) is 7.11 Å². The van der Waals surface area contributed by atoms with Gasteiger partial charge in [-0.15, -0.1) is 0 Å². The zero-order valence-corrected chi connectivity index (χ0v) is 9.43. The quantitative estimate of drug-likeness (QED) is 0.795. The molecule has 1 aromatic carbocycles. The third-order valence-electron chi connectivity index (χ3n) is 2.15. The van der Waals surface area contributed by atoms with Gasteiger partial charge in [0.15, 0.2) is 0 Å². The van der Waals surface area contributed by atoms with E-state index in [2.05, 4.69) is 0 Å². The number of hydrogen-bond donors (Lipinski definition) is 1. The van der Waals surface area contributed by atoms with Crippen molar-refractivity contribution in [1.82, 2.24) is 0 Å². The Morgan fingerprint density at radius 2 is 2.20 bits per heavy atom. The number of benzene rings is 1. The smallest absolute Gasteiger partial charge is 0.342 e. The second kappa shape index (κ2) is 4.89. The predicted octanol–water partition coefficient (Wildman–Crippen LogP) is 2.00. The van der Waals surface area contributed by atoms with Crippen molar-refractivity contribution in [1.29, 1.82) is 0 Å². The van der Waals surface area contributed by atoms with E-state index in [9.17, 15) is 4.79 Å². The van der Waals surface area contributed by atoms with Gasteiger partial charge in [-0.25, -0.2) is 4.79 Å². The molecule has 0 heterocycles. The normalized spacial score (nSPS) is 9.73. The van der Waals surface area contributed by atoms with Crippen LogP contribution in [0.15, 0.2) is 18.2 Å². The molecule has 0 aliphatic carbocycles. The minimum absolute atomic E-state index is 0.0198. The molecule has 0 aliphatic rings. The van der Waals surface area contributed by atoms with E-state index in [4.69, 9.17) is 22.1 Å². The molecule has 80 valence electrons. The fraction of sp³-hybridized carbons (Fsp3) is 0.273. The fourth-order valence-corrected chi connectivity index (χ4v) is 1.37. The largest absolute Gasteiger partial charge is 0.497 e. The number of rotatable bonds is 4. The molecule has 0 amide bonds. The Morgan fingerprint density at radius 1 is 1.53 bits per heavy atom. The Labute approximate surface area is 93.7 Å². The molecular formula is C11H12O3S. The summed E-state index contributed by atoms with van der Waals surface area (Å²) >= 11 is 4.76. The maximum Gasteiger partial charge on any atom is 0.342 e. The summed E-state index contributed by atoms with van der Waals surface area (Å²) in [6.45, 7) is 1.92. The van der Waals surface area contributed by atoms with E-state index in [0.717, 1.165) is 11.1 Å². The van der Waals surface area contributed by atoms with Crippen molar-refractivity contribution in [2.24, 2.45) is 0 Å². The van der Waals surface area contributed by atoms with Gasteiger partial charge in [0.2, 0.25) is 0 Å². The van der Waals surface area contributed by atoms with E-state index in [1.165, 1.54) is 0 Å². The molecular weight excluding hydrogens is 212 g/mol. The van der Waals surface area contributed by atoms with Gasteiger partial charge >= 0.3 is 5.97 Å². The van der Waals surface area contributed by atoms with E-state index >= 15 is 0 Å². The summed E-state index contributed by atoms with van der Waals surface area (Å²) < 4.78 is 5.06. The maximum absolute atomic E-state index is 10.6. The van der Waals surface area contributed by atoms with Crippen LogP contribution < -0.4 is 4.74 Å². The molecule has 15 heavy (non-hydrogen) atoms. The van der Waals surface area contributed by atoms with Gasteiger partial charge in [0, 0.05) is 6.42 Å². The van der Waals surface area contributed by atoms with Crippen molar-refractivity contribution in [2.45, 2.75) is 13.3 Å². The lowest BCUT2D eigenvalue weighted by atomic mass is 10.0. The SMILES string of the molecule is COc1ccc(C)c(CC(=S)C(=O)O)c1. The monoisotopic (exact) mass is 224 g/mol. The van der Waals surface area contributed by atoms with Gasteiger partial charge in [-0.3, -0.25) is 0 Å². The van der Waals surface area contributed by atoms with E-state index in [0.29, 0.717) is 5.75 Å². The average Bonchev–Trinajstić information content (AvgIpc) is 2.21. The van der Waals surface area contributed by atoms with Crippen molar-refractivity contribution < 1.29 is 14.6 Å². The summed E-state index contributed by atoms with van der Waals surface area (Å²) in [4.78, 5) is 10.6. The summed E-state index contributed by atoms with van der Waals surface area (Å²) in [6, 6.07) is 5.53. The van der Waals surface area contributed by atoms with Crippen molar-refractivity contribution >= 4 is 23.1 Å². The molecule has 0 fully saturated rings. The molecule has 0 unspecified atom stereocenters. The van der Waals surface area contributed by atoms with Crippen LogP contribution in [0.2, 0.25) is 0 Å². The molecule has 0 spiro atoms. The highest BCUT2D eigenvalue weighted by Gasteiger charge is 2.09. The van der Waals surface area contributed by atoms with Gasteiger partial charge in [0.25, 0.3) is 0 Å². The standard InChI is InChI=1S/C11H12O3S/c1-7-3-4-9(14-2)5-8(7)6-10(15)11(12)13/h3-5H,6H2,1-2H3,(H,12,13). The lowest BCUT2D eigenvalue weighted by molar-refractivity contribution is -0.129. The first-order valence-electron chi connectivity index (χ1n) is 4.44. The maximum atomic E-state index is 10.6. The zero-order valence-electron chi connectivity index (χ0n) is 8.61. The van der Waals surface area contributed by atoms with Crippen molar-refractivity contribution in [3.63, 3.8) is 0 Å². The molecule has 0 saturated heterocycles. The minimum atomic E-state index is -1.03. The second-order valence-electron chi connectivity index (χ2n) is 3.20. The first-order chi connectivity index (χ1) is 7.04. The van der Waals surface area contributed by atoms with Crippen LogP contribution in [0, 0.1) is 6.92 Å². The molecule has 0 radical (unpaired) electrons. The van der Waals surface area contributed by atoms with Crippen LogP contribution in [0.1, 0.15) is 11.1 Å². The van der Waals surface area contributed by atoms with Gasteiger partial charge in [-0.2, -0.15) is 0 Å². The number of aliphatic carboxylic acids is 1. The Morgan fingerprint density at radius 3 is 2.73 bits per heavy atom. The molecule has 0 aliphatic heterocycles. The predicted molar refractivity (Wildman–Crippen MR) is 61.7 cm³/mol. The van der Waals surface area contributed by atoms with E-state index < -0.39 is 5.97 Å². The summed E-state index contributed by atoms with van der Waals surface area (Å²) in [7, 11) is 1.57. The Kier molecular flexibility index (Phi) is 3.80. The number of carboxylic acid groups (broad SMARTS) is 1. The lowest BCUT2D eigenvalue weighted by Crippen LogP contribution is -2.13. The zero-order chi connectivity index (χ0) is 11.4. The molecule has 0 atom stereocenters. The van der Waals surface area contributed by atoms with Crippen LogP contribution in [-0.2, 0) is 11.2 Å². The highest BCUT2D eigenvalue weighted by Crippen LogP contribution is 2.17. The van der Waals surface area contributed by atoms with Crippen molar-refractivity contribution in [3.8, 4) is 5.75 Å². The molecule has 3 nitrogen and oxygen atoms in total. The lowest BCUT2D eigenvalue weighted by Gasteiger charge is -2.07. The number of methoxy groups -OCH3 is 1. The summed E-state index contributed by atoms with van der Waals surface area (Å²) in [5, 5.41) is 8.69. The van der Waals surface area contributed by atoms with Crippen LogP contribution in [0.4, 0.5) is 0 Å². The van der Waals surface area contributed by atoms with Gasteiger partial charge in [0.1, 0.15) is 10.6 Å². The van der Waals surface area contributed by atoms with Gasteiger partial charge in [-0.1, -0.05) is 18.3 Å². The molecule has 1 rings (SSSR count). The molecule has 0 bridgehead atoms. The topological polar surface area (TPSA) is 46.5 Å². The molecule has 0 saturated carbocycles. The molecule has 4 heteroatoms. The third-order valence-corrected chi connectivity index (χ3v) is 2.46. The molecule has 0 aromatic heterocycles. The summed E-state index contributed by atoms with van der Waals surface area (Å²) in [5.41, 5.74) is 1.90. The van der Waals surface area contributed by atoms with E-state index in [-0.39, 0.29) is 11.3 Å². The van der Waals surface area contributed by atoms with E-state index in [1.807, 2.05) is 25.1 Å². The van der Waals surface area contributed by atoms with Gasteiger partial charge < -0.3 is 9.84 Å². The highest BCUT2D eigenvalue weighted by molar-refractivity contribution is 7.82. The Hall–Kier alpha value is -1.42. The number of ether oxygens (including phenoxy) is 1. The number of aryl methyl sites for hydroxylation is 1. The number of thiocarbonyl (C=S) groups is 1. The van der Waals surface area contributed by atoms with Crippen LogP contribution in [0.3, 0.4) is 0 Å². The first kappa shape index (κ1) is 11.7. The number of carbonyl (C=O) groups is 1. The van der Waals surface area contributed by atoms with Crippen LogP contribution in [0.5, 0.6) is 5.75 Å². The first-order valence-corrected chi connectivity index (χ1v) is 4.85. The minimum Gasteiger partial charge on any atom is -0.497 e. The highest BCUT2D eigenvalue weighted by atomic mass is 32.1. The summed E-state index contributed by atoms with van der Waals surface area (Å²) in [5.74, 6) is -0.323. The Bertz CT molecular complexity index is 399. The van der Waals surface area contributed by atoms with Crippen LogP contribution in [-0.4, -0.2) is 23.1 Å². The van der Waals surface area contributed by atoms with Crippen LogP contribution in [0.25, 0.3) is 0 Å². The molecule has 1 aromatic rings.